The number of alkyl halides is 1. The molecule has 0 aromatic rings. The molecule has 1 nitrogen and oxygen atoms in total. The largest absolute Gasteiger partial charge is 0.299 e. The topological polar surface area (TPSA) is 17.1 Å². The highest BCUT2D eigenvalue weighted by molar-refractivity contribution is 9.09. The fraction of sp³-hybridized carbons (Fsp3) is 0.889. The summed E-state index contributed by atoms with van der Waals surface area (Å²) in [5.41, 5.74) is 0. The Hall–Kier alpha value is 0.150. The van der Waals surface area contributed by atoms with Crippen molar-refractivity contribution in [2.75, 3.05) is 5.33 Å². The van der Waals surface area contributed by atoms with Crippen LogP contribution in [-0.2, 0) is 4.79 Å². The minimum absolute atomic E-state index is 0.414. The van der Waals surface area contributed by atoms with Crippen LogP contribution in [0.15, 0.2) is 0 Å². The predicted octanol–water partition coefficient (Wildman–Crippen LogP) is 2.78. The Morgan fingerprint density at radius 3 is 2.64 bits per heavy atom. The fourth-order valence-electron chi connectivity index (χ4n) is 1.76. The molecule has 0 unspecified atom stereocenters. The van der Waals surface area contributed by atoms with E-state index >= 15 is 0 Å². The standard InChI is InChI=1S/C9H15BrO/c1-2-7-3-4-8(7)9(11)5-6-10/h7-8H,2-6H2,1H3/t7-,8-/m1/s1. The lowest BCUT2D eigenvalue weighted by molar-refractivity contribution is -0.127. The van der Waals surface area contributed by atoms with Gasteiger partial charge in [0.1, 0.15) is 5.78 Å². The maximum absolute atomic E-state index is 11.4. The third-order valence-electron chi connectivity index (χ3n) is 2.70. The second-order valence-electron chi connectivity index (χ2n) is 3.26. The number of rotatable bonds is 4. The van der Waals surface area contributed by atoms with E-state index in [1.54, 1.807) is 0 Å². The molecule has 0 amide bonds. The van der Waals surface area contributed by atoms with Gasteiger partial charge in [0.15, 0.2) is 0 Å². The second-order valence-corrected chi connectivity index (χ2v) is 4.05. The van der Waals surface area contributed by atoms with Crippen molar-refractivity contribution in [3.05, 3.63) is 0 Å². The van der Waals surface area contributed by atoms with E-state index in [9.17, 15) is 4.79 Å². The lowest BCUT2D eigenvalue weighted by Gasteiger charge is -2.34. The van der Waals surface area contributed by atoms with Crippen LogP contribution in [0.5, 0.6) is 0 Å². The number of halogens is 1. The van der Waals surface area contributed by atoms with Gasteiger partial charge in [0.05, 0.1) is 0 Å². The molecule has 0 saturated heterocycles. The van der Waals surface area contributed by atoms with Crippen molar-refractivity contribution in [1.29, 1.82) is 0 Å². The molecule has 11 heavy (non-hydrogen) atoms. The van der Waals surface area contributed by atoms with E-state index in [2.05, 4.69) is 22.9 Å². The van der Waals surface area contributed by atoms with Crippen LogP contribution in [0.2, 0.25) is 0 Å². The van der Waals surface area contributed by atoms with Crippen molar-refractivity contribution in [2.45, 2.75) is 32.6 Å². The number of Topliss-reactive ketones (excluding diaryl/α,β-unsaturated/α-hetero) is 1. The Morgan fingerprint density at radius 2 is 2.27 bits per heavy atom. The van der Waals surface area contributed by atoms with E-state index in [1.807, 2.05) is 0 Å². The van der Waals surface area contributed by atoms with Crippen LogP contribution in [0.3, 0.4) is 0 Å². The summed E-state index contributed by atoms with van der Waals surface area (Å²) in [4.78, 5) is 11.4. The number of hydrogen-bond acceptors (Lipinski definition) is 1. The average Bonchev–Trinajstić information content (AvgIpc) is 1.86. The van der Waals surface area contributed by atoms with Crippen LogP contribution in [-0.4, -0.2) is 11.1 Å². The van der Waals surface area contributed by atoms with Gasteiger partial charge in [0, 0.05) is 17.7 Å². The molecule has 1 saturated carbocycles. The van der Waals surface area contributed by atoms with Crippen molar-refractivity contribution < 1.29 is 4.79 Å². The van der Waals surface area contributed by atoms with Gasteiger partial charge in [-0.1, -0.05) is 29.3 Å². The number of carbonyl (C=O) groups is 1. The molecule has 1 aliphatic rings. The summed E-state index contributed by atoms with van der Waals surface area (Å²) in [5, 5.41) is 0.832. The third-order valence-corrected chi connectivity index (χ3v) is 3.09. The Kier molecular flexibility index (Phi) is 3.57. The van der Waals surface area contributed by atoms with Gasteiger partial charge in [-0.25, -0.2) is 0 Å². The maximum Gasteiger partial charge on any atom is 0.137 e. The highest BCUT2D eigenvalue weighted by Gasteiger charge is 2.33. The molecular formula is C9H15BrO. The van der Waals surface area contributed by atoms with Gasteiger partial charge in [-0.15, -0.1) is 0 Å². The van der Waals surface area contributed by atoms with Crippen LogP contribution >= 0.6 is 15.9 Å². The highest BCUT2D eigenvalue weighted by atomic mass is 79.9. The normalized spacial score (nSPS) is 29.6. The monoisotopic (exact) mass is 218 g/mol. The molecule has 1 rings (SSSR count). The van der Waals surface area contributed by atoms with Crippen molar-refractivity contribution in [3.8, 4) is 0 Å². The van der Waals surface area contributed by atoms with Crippen LogP contribution in [0.1, 0.15) is 32.6 Å². The molecule has 0 radical (unpaired) electrons. The van der Waals surface area contributed by atoms with Gasteiger partial charge in [0.25, 0.3) is 0 Å². The number of hydrogen-bond donors (Lipinski definition) is 0. The summed E-state index contributed by atoms with van der Waals surface area (Å²) in [6.07, 6.45) is 4.32. The van der Waals surface area contributed by atoms with Crippen LogP contribution in [0, 0.1) is 11.8 Å². The third kappa shape index (κ3) is 2.05. The summed E-state index contributed by atoms with van der Waals surface area (Å²) in [5.74, 6) is 1.60. The molecule has 0 aliphatic heterocycles. The minimum Gasteiger partial charge on any atom is -0.299 e. The zero-order valence-corrected chi connectivity index (χ0v) is 8.56. The summed E-state index contributed by atoms with van der Waals surface area (Å²) in [6, 6.07) is 0. The Labute approximate surface area is 76.7 Å². The van der Waals surface area contributed by atoms with Crippen molar-refractivity contribution >= 4 is 21.7 Å². The molecule has 0 bridgehead atoms. The summed E-state index contributed by atoms with van der Waals surface area (Å²) < 4.78 is 0. The Balaban J connectivity index is 2.30. The minimum atomic E-state index is 0.414. The molecule has 0 N–H and O–H groups in total. The molecule has 0 aromatic heterocycles. The number of ketones is 1. The molecule has 1 aliphatic carbocycles. The summed E-state index contributed by atoms with van der Waals surface area (Å²) in [6.45, 7) is 2.18. The van der Waals surface area contributed by atoms with Gasteiger partial charge in [-0.3, -0.25) is 4.79 Å². The molecule has 0 spiro atoms. The van der Waals surface area contributed by atoms with Crippen LogP contribution in [0.25, 0.3) is 0 Å². The first-order valence-corrected chi connectivity index (χ1v) is 5.50. The second kappa shape index (κ2) is 4.24. The SMILES string of the molecule is CC[C@@H]1CC[C@H]1C(=O)CCBr. The van der Waals surface area contributed by atoms with Crippen LogP contribution in [0.4, 0.5) is 0 Å². The fourth-order valence-corrected chi connectivity index (χ4v) is 2.15. The van der Waals surface area contributed by atoms with Gasteiger partial charge >= 0.3 is 0 Å². The molecule has 64 valence electrons. The first kappa shape index (κ1) is 9.24. The first-order valence-electron chi connectivity index (χ1n) is 4.38. The summed E-state index contributed by atoms with van der Waals surface area (Å²) >= 11 is 3.29. The summed E-state index contributed by atoms with van der Waals surface area (Å²) in [7, 11) is 0. The van der Waals surface area contributed by atoms with E-state index in [4.69, 9.17) is 0 Å². The first-order chi connectivity index (χ1) is 5.29. The average molecular weight is 219 g/mol. The van der Waals surface area contributed by atoms with Gasteiger partial charge in [-0.05, 0) is 18.8 Å². The molecule has 2 atom stereocenters. The Bertz CT molecular complexity index is 142. The van der Waals surface area contributed by atoms with Crippen molar-refractivity contribution in [1.82, 2.24) is 0 Å². The van der Waals surface area contributed by atoms with Gasteiger partial charge < -0.3 is 0 Å². The highest BCUT2D eigenvalue weighted by Crippen LogP contribution is 2.37. The zero-order chi connectivity index (χ0) is 8.27. The number of carbonyl (C=O) groups excluding carboxylic acids is 1. The lowest BCUT2D eigenvalue weighted by atomic mass is 9.69. The van der Waals surface area contributed by atoms with Crippen molar-refractivity contribution in [3.63, 3.8) is 0 Å². The molecular weight excluding hydrogens is 204 g/mol. The van der Waals surface area contributed by atoms with E-state index in [1.165, 1.54) is 12.8 Å². The van der Waals surface area contributed by atoms with Gasteiger partial charge in [0.2, 0.25) is 0 Å². The van der Waals surface area contributed by atoms with Crippen molar-refractivity contribution in [2.24, 2.45) is 11.8 Å². The maximum atomic E-state index is 11.4. The molecule has 0 heterocycles. The van der Waals surface area contributed by atoms with Gasteiger partial charge in [-0.2, -0.15) is 0 Å². The smallest absolute Gasteiger partial charge is 0.137 e. The molecule has 1 fully saturated rings. The van der Waals surface area contributed by atoms with E-state index in [0.717, 1.165) is 18.2 Å². The zero-order valence-electron chi connectivity index (χ0n) is 6.98. The van der Waals surface area contributed by atoms with E-state index in [-0.39, 0.29) is 0 Å². The lowest BCUT2D eigenvalue weighted by Crippen LogP contribution is -2.32. The van der Waals surface area contributed by atoms with E-state index in [0.29, 0.717) is 17.6 Å². The predicted molar refractivity (Wildman–Crippen MR) is 49.9 cm³/mol. The van der Waals surface area contributed by atoms with E-state index < -0.39 is 0 Å². The Morgan fingerprint density at radius 1 is 1.55 bits per heavy atom. The quantitative estimate of drug-likeness (QED) is 0.664. The molecule has 0 aromatic carbocycles. The molecule has 2 heteroatoms. The van der Waals surface area contributed by atoms with Crippen LogP contribution < -0.4 is 0 Å².